The van der Waals surface area contributed by atoms with Crippen molar-refractivity contribution in [1.29, 1.82) is 0 Å². The molecular weight excluding hydrogens is 214 g/mol. The molecule has 1 nitrogen and oxygen atoms in total. The smallest absolute Gasteiger partial charge is 0.0346 e. The maximum Gasteiger partial charge on any atom is 0.0346 e. The monoisotopic (exact) mass is 231 g/mol. The van der Waals surface area contributed by atoms with Crippen molar-refractivity contribution >= 4 is 21.4 Å². The molecule has 1 aromatic carbocycles. The highest BCUT2D eigenvalue weighted by molar-refractivity contribution is 7.17. The van der Waals surface area contributed by atoms with Crippen LogP contribution in [0.1, 0.15) is 31.4 Å². The van der Waals surface area contributed by atoms with Crippen LogP contribution >= 0.6 is 11.3 Å². The molecule has 1 aliphatic heterocycles. The predicted molar refractivity (Wildman–Crippen MR) is 71.0 cm³/mol. The van der Waals surface area contributed by atoms with Crippen LogP contribution in [0.2, 0.25) is 0 Å². The van der Waals surface area contributed by atoms with Gasteiger partial charge >= 0.3 is 0 Å². The molecule has 2 heterocycles. The Labute approximate surface area is 100 Å². The summed E-state index contributed by atoms with van der Waals surface area (Å²) in [5.41, 5.74) is 1.51. The second-order valence-corrected chi connectivity index (χ2v) is 5.74. The van der Waals surface area contributed by atoms with Crippen LogP contribution in [-0.2, 0) is 0 Å². The number of rotatable bonds is 1. The van der Waals surface area contributed by atoms with Crippen LogP contribution in [0.15, 0.2) is 29.6 Å². The molecule has 84 valence electrons. The van der Waals surface area contributed by atoms with Gasteiger partial charge in [0.15, 0.2) is 0 Å². The fourth-order valence-corrected chi connectivity index (χ4v) is 3.55. The van der Waals surface area contributed by atoms with E-state index in [1.165, 1.54) is 28.5 Å². The largest absolute Gasteiger partial charge is 0.310 e. The number of benzene rings is 1. The molecule has 0 saturated carbocycles. The zero-order chi connectivity index (χ0) is 11.0. The fourth-order valence-electron chi connectivity index (χ4n) is 2.53. The van der Waals surface area contributed by atoms with Crippen LogP contribution in [0, 0.1) is 5.92 Å². The first-order chi connectivity index (χ1) is 7.84. The summed E-state index contributed by atoms with van der Waals surface area (Å²) in [6.07, 6.45) is 2.63. The van der Waals surface area contributed by atoms with Gasteiger partial charge in [-0.1, -0.05) is 25.1 Å². The zero-order valence-electron chi connectivity index (χ0n) is 9.57. The molecule has 2 atom stereocenters. The Balaban J connectivity index is 1.94. The highest BCUT2D eigenvalue weighted by atomic mass is 32.1. The van der Waals surface area contributed by atoms with Crippen molar-refractivity contribution in [3.8, 4) is 0 Å². The number of hydrogen-bond donors (Lipinski definition) is 1. The van der Waals surface area contributed by atoms with Crippen molar-refractivity contribution < 1.29 is 0 Å². The van der Waals surface area contributed by atoms with E-state index in [0.717, 1.165) is 12.5 Å². The lowest BCUT2D eigenvalue weighted by molar-refractivity contribution is 0.334. The minimum Gasteiger partial charge on any atom is -0.310 e. The number of hydrogen-bond acceptors (Lipinski definition) is 2. The Morgan fingerprint density at radius 3 is 2.94 bits per heavy atom. The topological polar surface area (TPSA) is 12.0 Å². The third-order valence-electron chi connectivity index (χ3n) is 3.55. The molecule has 0 spiro atoms. The van der Waals surface area contributed by atoms with Crippen LogP contribution in [0.25, 0.3) is 10.1 Å². The van der Waals surface area contributed by atoms with Crippen molar-refractivity contribution in [2.45, 2.75) is 25.8 Å². The highest BCUT2D eigenvalue weighted by Gasteiger charge is 2.20. The molecule has 1 saturated heterocycles. The first-order valence-corrected chi connectivity index (χ1v) is 6.92. The maximum absolute atomic E-state index is 3.67. The minimum atomic E-state index is 0.576. The Morgan fingerprint density at radius 2 is 2.12 bits per heavy atom. The van der Waals surface area contributed by atoms with E-state index in [1.807, 2.05) is 11.3 Å². The number of nitrogens with one attached hydrogen (secondary N) is 1. The first-order valence-electron chi connectivity index (χ1n) is 6.04. The summed E-state index contributed by atoms with van der Waals surface area (Å²) in [4.78, 5) is 0. The highest BCUT2D eigenvalue weighted by Crippen LogP contribution is 2.34. The molecule has 0 aliphatic carbocycles. The fraction of sp³-hybridized carbons (Fsp3) is 0.429. The van der Waals surface area contributed by atoms with E-state index in [9.17, 15) is 0 Å². The summed E-state index contributed by atoms with van der Waals surface area (Å²) in [6, 6.07) is 9.31. The quantitative estimate of drug-likeness (QED) is 0.783. The van der Waals surface area contributed by atoms with Crippen molar-refractivity contribution in [3.63, 3.8) is 0 Å². The summed E-state index contributed by atoms with van der Waals surface area (Å²) in [6.45, 7) is 3.49. The van der Waals surface area contributed by atoms with Gasteiger partial charge in [-0.25, -0.2) is 0 Å². The molecule has 16 heavy (non-hydrogen) atoms. The second-order valence-electron chi connectivity index (χ2n) is 4.83. The van der Waals surface area contributed by atoms with E-state index in [0.29, 0.717) is 6.04 Å². The third kappa shape index (κ3) is 1.76. The second kappa shape index (κ2) is 4.19. The molecule has 3 rings (SSSR count). The Bertz CT molecular complexity index is 480. The molecule has 0 radical (unpaired) electrons. The average molecular weight is 231 g/mol. The summed E-state index contributed by atoms with van der Waals surface area (Å²) >= 11 is 1.87. The summed E-state index contributed by atoms with van der Waals surface area (Å²) in [7, 11) is 0. The molecule has 1 N–H and O–H groups in total. The molecule has 0 amide bonds. The molecule has 2 aromatic rings. The molecule has 1 aromatic heterocycles. The van der Waals surface area contributed by atoms with E-state index in [1.54, 1.807) is 0 Å². The normalized spacial score (nSPS) is 26.1. The van der Waals surface area contributed by atoms with Crippen molar-refractivity contribution in [3.05, 3.63) is 35.2 Å². The van der Waals surface area contributed by atoms with Crippen LogP contribution in [0.4, 0.5) is 0 Å². The van der Waals surface area contributed by atoms with E-state index in [-0.39, 0.29) is 0 Å². The molecule has 1 aliphatic rings. The molecule has 1 fully saturated rings. The zero-order valence-corrected chi connectivity index (χ0v) is 10.4. The van der Waals surface area contributed by atoms with E-state index >= 15 is 0 Å². The van der Waals surface area contributed by atoms with Crippen molar-refractivity contribution in [2.75, 3.05) is 6.54 Å². The molecule has 0 bridgehead atoms. The van der Waals surface area contributed by atoms with Crippen LogP contribution in [-0.4, -0.2) is 6.54 Å². The predicted octanol–water partition coefficient (Wildman–Crippen LogP) is 3.96. The SMILES string of the molecule is C[C@H]1CC[C@H](c2csc3ccccc23)NC1. The molecule has 2 heteroatoms. The minimum absolute atomic E-state index is 0.576. The number of fused-ring (bicyclic) bond motifs is 1. The lowest BCUT2D eigenvalue weighted by Gasteiger charge is -2.27. The first kappa shape index (κ1) is 10.3. The van der Waals surface area contributed by atoms with Crippen molar-refractivity contribution in [1.82, 2.24) is 5.32 Å². The lowest BCUT2D eigenvalue weighted by atomic mass is 9.92. The maximum atomic E-state index is 3.67. The average Bonchev–Trinajstić information content (AvgIpc) is 2.74. The third-order valence-corrected chi connectivity index (χ3v) is 4.53. The van der Waals surface area contributed by atoms with E-state index < -0.39 is 0 Å². The standard InChI is InChI=1S/C14H17NS/c1-10-6-7-13(15-8-10)12-9-16-14-5-3-2-4-11(12)14/h2-5,9-10,13,15H,6-8H2,1H3/t10-,13+/m0/s1. The number of thiophene rings is 1. The van der Waals surface area contributed by atoms with E-state index in [4.69, 9.17) is 0 Å². The number of piperidine rings is 1. The molecule has 0 unspecified atom stereocenters. The van der Waals surface area contributed by atoms with Crippen molar-refractivity contribution in [2.24, 2.45) is 5.92 Å². The van der Waals surface area contributed by atoms with Gasteiger partial charge in [0, 0.05) is 10.7 Å². The Hall–Kier alpha value is -0.860. The van der Waals surface area contributed by atoms with Gasteiger partial charge in [-0.3, -0.25) is 0 Å². The van der Waals surface area contributed by atoms with Gasteiger partial charge in [0.05, 0.1) is 0 Å². The van der Waals surface area contributed by atoms with E-state index in [2.05, 4.69) is 41.9 Å². The van der Waals surface area contributed by atoms with Crippen LogP contribution in [0.5, 0.6) is 0 Å². The van der Waals surface area contributed by atoms with Gasteiger partial charge in [0.2, 0.25) is 0 Å². The Kier molecular flexibility index (Phi) is 2.70. The van der Waals surface area contributed by atoms with Crippen LogP contribution < -0.4 is 5.32 Å². The summed E-state index contributed by atoms with van der Waals surface area (Å²) in [5, 5.41) is 7.45. The van der Waals surface area contributed by atoms with Crippen LogP contribution in [0.3, 0.4) is 0 Å². The lowest BCUT2D eigenvalue weighted by Crippen LogP contribution is -2.31. The summed E-state index contributed by atoms with van der Waals surface area (Å²) < 4.78 is 1.41. The van der Waals surface area contributed by atoms with Gasteiger partial charge in [-0.05, 0) is 47.7 Å². The molecular formula is C14H17NS. The van der Waals surface area contributed by atoms with Gasteiger partial charge in [-0.2, -0.15) is 0 Å². The summed E-state index contributed by atoms with van der Waals surface area (Å²) in [5.74, 6) is 0.834. The van der Waals surface area contributed by atoms with Gasteiger partial charge in [-0.15, -0.1) is 11.3 Å². The van der Waals surface area contributed by atoms with Gasteiger partial charge in [0.1, 0.15) is 0 Å². The van der Waals surface area contributed by atoms with Gasteiger partial charge < -0.3 is 5.32 Å². The van der Waals surface area contributed by atoms with Gasteiger partial charge in [0.25, 0.3) is 0 Å². The Morgan fingerprint density at radius 1 is 1.25 bits per heavy atom.